The van der Waals surface area contributed by atoms with Gasteiger partial charge >= 0.3 is 0 Å². The molecule has 112 valence electrons. The number of nitrogens with one attached hydrogen (secondary N) is 1. The van der Waals surface area contributed by atoms with Crippen LogP contribution >= 0.6 is 0 Å². The van der Waals surface area contributed by atoms with Crippen molar-refractivity contribution in [3.63, 3.8) is 0 Å². The highest BCUT2D eigenvalue weighted by atomic mass is 16.1. The van der Waals surface area contributed by atoms with Gasteiger partial charge in [-0.15, -0.1) is 0 Å². The summed E-state index contributed by atoms with van der Waals surface area (Å²) in [5, 5.41) is 3.15. The van der Waals surface area contributed by atoms with Gasteiger partial charge in [0.05, 0.1) is 0 Å². The van der Waals surface area contributed by atoms with Crippen LogP contribution < -0.4 is 11.1 Å². The third-order valence-electron chi connectivity index (χ3n) is 3.45. The van der Waals surface area contributed by atoms with Crippen LogP contribution in [0.2, 0.25) is 0 Å². The van der Waals surface area contributed by atoms with E-state index >= 15 is 0 Å². The second-order valence-corrected chi connectivity index (χ2v) is 5.59. The number of hydrogen-bond donors (Lipinski definition) is 2. The van der Waals surface area contributed by atoms with Gasteiger partial charge in [0, 0.05) is 18.5 Å². The van der Waals surface area contributed by atoms with Crippen molar-refractivity contribution in [2.24, 2.45) is 5.73 Å². The molecule has 0 heterocycles. The molecular weight excluding hydrogens is 248 g/mol. The molecule has 1 aromatic carbocycles. The SMILES string of the molecule is CCCC(CCc1ccccc1)NC(=O)CCC(C)N. The van der Waals surface area contributed by atoms with Crippen molar-refractivity contribution in [3.8, 4) is 0 Å². The molecule has 2 unspecified atom stereocenters. The lowest BCUT2D eigenvalue weighted by molar-refractivity contribution is -0.122. The average Bonchev–Trinajstić information content (AvgIpc) is 2.44. The molecular formula is C17H28N2O. The molecule has 3 N–H and O–H groups in total. The summed E-state index contributed by atoms with van der Waals surface area (Å²) in [4.78, 5) is 11.9. The van der Waals surface area contributed by atoms with Crippen LogP contribution in [0, 0.1) is 0 Å². The highest BCUT2D eigenvalue weighted by Gasteiger charge is 2.12. The lowest BCUT2D eigenvalue weighted by Gasteiger charge is -2.18. The van der Waals surface area contributed by atoms with Gasteiger partial charge < -0.3 is 11.1 Å². The van der Waals surface area contributed by atoms with E-state index in [-0.39, 0.29) is 18.0 Å². The minimum absolute atomic E-state index is 0.0923. The van der Waals surface area contributed by atoms with Crippen molar-refractivity contribution in [2.45, 2.75) is 64.5 Å². The maximum Gasteiger partial charge on any atom is 0.220 e. The monoisotopic (exact) mass is 276 g/mol. The number of carbonyl (C=O) groups is 1. The van der Waals surface area contributed by atoms with Gasteiger partial charge in [-0.25, -0.2) is 0 Å². The Kier molecular flexibility index (Phi) is 7.97. The molecule has 0 aromatic heterocycles. The summed E-state index contributed by atoms with van der Waals surface area (Å²) in [7, 11) is 0. The third-order valence-corrected chi connectivity index (χ3v) is 3.45. The zero-order valence-corrected chi connectivity index (χ0v) is 12.8. The van der Waals surface area contributed by atoms with Gasteiger partial charge in [-0.2, -0.15) is 0 Å². The van der Waals surface area contributed by atoms with Crippen molar-refractivity contribution in [1.29, 1.82) is 0 Å². The van der Waals surface area contributed by atoms with Gasteiger partial charge in [-0.1, -0.05) is 43.7 Å². The van der Waals surface area contributed by atoms with Gasteiger partial charge in [0.2, 0.25) is 5.91 Å². The van der Waals surface area contributed by atoms with Crippen LogP contribution in [-0.2, 0) is 11.2 Å². The van der Waals surface area contributed by atoms with Gasteiger partial charge in [-0.05, 0) is 38.2 Å². The lowest BCUT2D eigenvalue weighted by Crippen LogP contribution is -2.35. The highest BCUT2D eigenvalue weighted by molar-refractivity contribution is 5.76. The molecule has 0 saturated heterocycles. The number of amides is 1. The predicted molar refractivity (Wildman–Crippen MR) is 84.5 cm³/mol. The summed E-state index contributed by atoms with van der Waals surface area (Å²) in [5.41, 5.74) is 7.02. The fourth-order valence-corrected chi connectivity index (χ4v) is 2.28. The molecule has 0 aliphatic carbocycles. The first-order chi connectivity index (χ1) is 9.61. The number of hydrogen-bond acceptors (Lipinski definition) is 2. The second kappa shape index (κ2) is 9.54. The van der Waals surface area contributed by atoms with Crippen molar-refractivity contribution in [2.75, 3.05) is 0 Å². The zero-order chi connectivity index (χ0) is 14.8. The molecule has 1 aromatic rings. The van der Waals surface area contributed by atoms with Crippen LogP contribution in [-0.4, -0.2) is 18.0 Å². The number of carbonyl (C=O) groups excluding carboxylic acids is 1. The van der Waals surface area contributed by atoms with E-state index in [1.165, 1.54) is 5.56 Å². The Labute approximate surface area is 122 Å². The van der Waals surface area contributed by atoms with Crippen molar-refractivity contribution >= 4 is 5.91 Å². The van der Waals surface area contributed by atoms with E-state index in [1.54, 1.807) is 0 Å². The first-order valence-electron chi connectivity index (χ1n) is 7.70. The number of aryl methyl sites for hydroxylation is 1. The van der Waals surface area contributed by atoms with E-state index in [2.05, 4.69) is 36.5 Å². The summed E-state index contributed by atoms with van der Waals surface area (Å²) in [6, 6.07) is 10.8. The first-order valence-corrected chi connectivity index (χ1v) is 7.70. The molecule has 0 spiro atoms. The Morgan fingerprint density at radius 3 is 2.50 bits per heavy atom. The van der Waals surface area contributed by atoms with Crippen molar-refractivity contribution in [1.82, 2.24) is 5.32 Å². The van der Waals surface area contributed by atoms with Gasteiger partial charge in [-0.3, -0.25) is 4.79 Å². The van der Waals surface area contributed by atoms with Crippen LogP contribution in [0.1, 0.15) is 51.5 Å². The number of nitrogens with two attached hydrogens (primary N) is 1. The quantitative estimate of drug-likeness (QED) is 0.728. The van der Waals surface area contributed by atoms with E-state index in [1.807, 2.05) is 13.0 Å². The first kappa shape index (κ1) is 16.7. The van der Waals surface area contributed by atoms with Gasteiger partial charge in [0.1, 0.15) is 0 Å². The molecule has 0 radical (unpaired) electrons. The fraction of sp³-hybridized carbons (Fsp3) is 0.588. The summed E-state index contributed by atoms with van der Waals surface area (Å²) in [5.74, 6) is 0.133. The van der Waals surface area contributed by atoms with Gasteiger partial charge in [0.15, 0.2) is 0 Å². The standard InChI is InChI=1S/C17H28N2O/c1-3-7-16(19-17(20)13-10-14(2)18)12-11-15-8-5-4-6-9-15/h4-6,8-9,14,16H,3,7,10-13,18H2,1-2H3,(H,19,20). The smallest absolute Gasteiger partial charge is 0.220 e. The molecule has 2 atom stereocenters. The normalized spacial score (nSPS) is 13.8. The summed E-state index contributed by atoms with van der Waals surface area (Å²) in [6.45, 7) is 4.09. The largest absolute Gasteiger partial charge is 0.353 e. The van der Waals surface area contributed by atoms with E-state index < -0.39 is 0 Å². The Balaban J connectivity index is 2.37. The minimum Gasteiger partial charge on any atom is -0.353 e. The molecule has 3 heteroatoms. The predicted octanol–water partition coefficient (Wildman–Crippen LogP) is 3.03. The van der Waals surface area contributed by atoms with Crippen LogP contribution in [0.5, 0.6) is 0 Å². The van der Waals surface area contributed by atoms with Crippen LogP contribution in [0.4, 0.5) is 0 Å². The average molecular weight is 276 g/mol. The Bertz CT molecular complexity index is 376. The summed E-state index contributed by atoms with van der Waals surface area (Å²) in [6.07, 6.45) is 5.43. The summed E-state index contributed by atoms with van der Waals surface area (Å²) >= 11 is 0. The molecule has 0 bridgehead atoms. The van der Waals surface area contributed by atoms with Crippen LogP contribution in [0.25, 0.3) is 0 Å². The molecule has 0 fully saturated rings. The molecule has 1 amide bonds. The van der Waals surface area contributed by atoms with E-state index in [0.29, 0.717) is 6.42 Å². The minimum atomic E-state index is 0.0923. The molecule has 1 rings (SSSR count). The van der Waals surface area contributed by atoms with Crippen LogP contribution in [0.3, 0.4) is 0 Å². The maximum atomic E-state index is 11.9. The Hall–Kier alpha value is -1.35. The lowest BCUT2D eigenvalue weighted by atomic mass is 10.0. The van der Waals surface area contributed by atoms with Crippen molar-refractivity contribution in [3.05, 3.63) is 35.9 Å². The van der Waals surface area contributed by atoms with Crippen molar-refractivity contribution < 1.29 is 4.79 Å². The fourth-order valence-electron chi connectivity index (χ4n) is 2.28. The molecule has 0 aliphatic rings. The zero-order valence-electron chi connectivity index (χ0n) is 12.8. The van der Waals surface area contributed by atoms with E-state index in [9.17, 15) is 4.79 Å². The third kappa shape index (κ3) is 7.29. The van der Waals surface area contributed by atoms with E-state index in [4.69, 9.17) is 5.73 Å². The molecule has 0 saturated carbocycles. The van der Waals surface area contributed by atoms with Gasteiger partial charge in [0.25, 0.3) is 0 Å². The highest BCUT2D eigenvalue weighted by Crippen LogP contribution is 2.09. The van der Waals surface area contributed by atoms with Crippen LogP contribution in [0.15, 0.2) is 30.3 Å². The molecule has 3 nitrogen and oxygen atoms in total. The second-order valence-electron chi connectivity index (χ2n) is 5.59. The van der Waals surface area contributed by atoms with E-state index in [0.717, 1.165) is 32.1 Å². The topological polar surface area (TPSA) is 55.1 Å². The number of rotatable bonds is 9. The summed E-state index contributed by atoms with van der Waals surface area (Å²) < 4.78 is 0. The maximum absolute atomic E-state index is 11.9. The number of benzene rings is 1. The Morgan fingerprint density at radius 1 is 1.20 bits per heavy atom. The Morgan fingerprint density at radius 2 is 1.90 bits per heavy atom. The molecule has 20 heavy (non-hydrogen) atoms. The molecule has 0 aliphatic heterocycles.